The van der Waals surface area contributed by atoms with E-state index in [4.69, 9.17) is 4.42 Å². The van der Waals surface area contributed by atoms with E-state index in [-0.39, 0.29) is 18.1 Å². The SMILES string of the molecule is [2H]c1c(-c2c3ccccc3c(-c3cccc4ccccc34)c3ccccc23)c([2H])c2oc3cc4ccccc4cc3c2c1[2H]. The normalized spacial score (nSPS) is 12.9. The van der Waals surface area contributed by atoms with E-state index in [0.717, 1.165) is 54.4 Å². The smallest absolute Gasteiger partial charge is 0.136 e. The molecule has 0 aliphatic heterocycles. The molecule has 190 valence electrons. The van der Waals surface area contributed by atoms with E-state index < -0.39 is 0 Å². The molecule has 0 aliphatic carbocycles. The van der Waals surface area contributed by atoms with E-state index in [0.29, 0.717) is 22.1 Å². The number of rotatable bonds is 2. The van der Waals surface area contributed by atoms with Gasteiger partial charge in [-0.15, -0.1) is 0 Å². The van der Waals surface area contributed by atoms with Crippen molar-refractivity contribution in [3.8, 4) is 22.3 Å². The van der Waals surface area contributed by atoms with Gasteiger partial charge in [0, 0.05) is 10.8 Å². The quantitative estimate of drug-likeness (QED) is 0.205. The summed E-state index contributed by atoms with van der Waals surface area (Å²) in [4.78, 5) is 0. The molecule has 0 N–H and O–H groups in total. The molecule has 1 aromatic heterocycles. The topological polar surface area (TPSA) is 13.1 Å². The Hall–Kier alpha value is -5.40. The first-order valence-electron chi connectivity index (χ1n) is 15.4. The van der Waals surface area contributed by atoms with E-state index in [1.54, 1.807) is 0 Å². The average Bonchev–Trinajstić information content (AvgIpc) is 3.44. The van der Waals surface area contributed by atoms with Crippen molar-refractivity contribution in [3.63, 3.8) is 0 Å². The van der Waals surface area contributed by atoms with Crippen LogP contribution in [0.4, 0.5) is 0 Å². The van der Waals surface area contributed by atoms with Gasteiger partial charge in [0.2, 0.25) is 0 Å². The highest BCUT2D eigenvalue weighted by Crippen LogP contribution is 2.46. The lowest BCUT2D eigenvalue weighted by Crippen LogP contribution is -1.91. The maximum Gasteiger partial charge on any atom is 0.136 e. The predicted molar refractivity (Wildman–Crippen MR) is 175 cm³/mol. The Morgan fingerprint density at radius 2 is 0.976 bits per heavy atom. The number of hydrogen-bond acceptors (Lipinski definition) is 1. The maximum absolute atomic E-state index is 9.51. The Kier molecular flexibility index (Phi) is 4.09. The molecule has 1 heteroatoms. The summed E-state index contributed by atoms with van der Waals surface area (Å²) in [6.45, 7) is 0. The molecular weight excluding hydrogens is 496 g/mol. The first-order valence-corrected chi connectivity index (χ1v) is 13.9. The van der Waals surface area contributed by atoms with Crippen molar-refractivity contribution in [3.05, 3.63) is 146 Å². The van der Waals surface area contributed by atoms with Gasteiger partial charge >= 0.3 is 0 Å². The zero-order valence-electron chi connectivity index (χ0n) is 25.0. The van der Waals surface area contributed by atoms with Crippen LogP contribution in [0.25, 0.3) is 87.3 Å². The van der Waals surface area contributed by atoms with Crippen LogP contribution >= 0.6 is 0 Å². The van der Waals surface area contributed by atoms with Gasteiger partial charge in [-0.05, 0) is 89.6 Å². The Morgan fingerprint density at radius 3 is 1.68 bits per heavy atom. The van der Waals surface area contributed by atoms with Crippen LogP contribution in [-0.4, -0.2) is 0 Å². The summed E-state index contributed by atoms with van der Waals surface area (Å²) in [6, 6.07) is 43.6. The second-order valence-electron chi connectivity index (χ2n) is 10.6. The molecule has 41 heavy (non-hydrogen) atoms. The molecule has 0 aliphatic rings. The third-order valence-corrected chi connectivity index (χ3v) is 8.35. The average molecular weight is 524 g/mol. The molecular formula is C40H24O. The third-order valence-electron chi connectivity index (χ3n) is 8.35. The second kappa shape index (κ2) is 8.55. The van der Waals surface area contributed by atoms with E-state index in [1.165, 1.54) is 10.8 Å². The molecule has 8 aromatic carbocycles. The fourth-order valence-corrected chi connectivity index (χ4v) is 6.52. The van der Waals surface area contributed by atoms with Gasteiger partial charge in [0.1, 0.15) is 11.2 Å². The minimum Gasteiger partial charge on any atom is -0.456 e. The summed E-state index contributed by atoms with van der Waals surface area (Å²) < 4.78 is 34.5. The van der Waals surface area contributed by atoms with Gasteiger partial charge in [-0.2, -0.15) is 0 Å². The summed E-state index contributed by atoms with van der Waals surface area (Å²) in [7, 11) is 0. The monoisotopic (exact) mass is 523 g/mol. The molecule has 0 radical (unpaired) electrons. The molecule has 0 amide bonds. The van der Waals surface area contributed by atoms with E-state index in [1.807, 2.05) is 60.7 Å². The zero-order chi connectivity index (χ0) is 29.5. The highest BCUT2D eigenvalue weighted by Gasteiger charge is 2.19. The van der Waals surface area contributed by atoms with Gasteiger partial charge in [0.15, 0.2) is 0 Å². The van der Waals surface area contributed by atoms with Crippen LogP contribution in [0.15, 0.2) is 150 Å². The molecule has 0 unspecified atom stereocenters. The van der Waals surface area contributed by atoms with E-state index >= 15 is 0 Å². The predicted octanol–water partition coefficient (Wildman–Crippen LogP) is 11.5. The standard InChI is InChI=1S/C40H24O/c1-2-12-27-23-38-36(22-26(27)11-1)30-21-20-28(24-37(30)41-38)39-32-15-5-7-17-34(32)40(35-18-8-6-16-33(35)39)31-19-9-13-25-10-3-4-14-29(25)31/h1-24H/i20D,21D,24D. The molecule has 0 bridgehead atoms. The summed E-state index contributed by atoms with van der Waals surface area (Å²) in [5, 5.41) is 9.65. The largest absolute Gasteiger partial charge is 0.456 e. The van der Waals surface area contributed by atoms with Crippen molar-refractivity contribution in [2.45, 2.75) is 0 Å². The fourth-order valence-electron chi connectivity index (χ4n) is 6.52. The second-order valence-corrected chi connectivity index (χ2v) is 10.6. The summed E-state index contributed by atoms with van der Waals surface area (Å²) >= 11 is 0. The highest BCUT2D eigenvalue weighted by molar-refractivity contribution is 6.24. The Morgan fingerprint density at radius 1 is 0.415 bits per heavy atom. The van der Waals surface area contributed by atoms with Crippen LogP contribution < -0.4 is 0 Å². The molecule has 1 heterocycles. The number of fused-ring (bicyclic) bond motifs is 7. The first-order chi connectivity index (χ1) is 21.6. The molecule has 0 spiro atoms. The lowest BCUT2D eigenvalue weighted by molar-refractivity contribution is 0.669. The van der Waals surface area contributed by atoms with Crippen LogP contribution in [0.5, 0.6) is 0 Å². The fraction of sp³-hybridized carbons (Fsp3) is 0. The molecule has 9 aromatic rings. The molecule has 0 atom stereocenters. The van der Waals surface area contributed by atoms with Gasteiger partial charge in [-0.1, -0.05) is 121 Å². The van der Waals surface area contributed by atoms with Crippen LogP contribution in [0.3, 0.4) is 0 Å². The first kappa shape index (κ1) is 19.6. The van der Waals surface area contributed by atoms with Crippen LogP contribution in [0, 0.1) is 0 Å². The maximum atomic E-state index is 9.51. The van der Waals surface area contributed by atoms with Gasteiger partial charge < -0.3 is 4.42 Å². The van der Waals surface area contributed by atoms with E-state index in [9.17, 15) is 4.11 Å². The minimum absolute atomic E-state index is 0.0339. The zero-order valence-corrected chi connectivity index (χ0v) is 22.0. The Bertz CT molecular complexity index is 2590. The Balaban J connectivity index is 1.44. The molecule has 1 nitrogen and oxygen atoms in total. The summed E-state index contributed by atoms with van der Waals surface area (Å²) in [5.74, 6) is 0. The lowest BCUT2D eigenvalue weighted by atomic mass is 9.84. The summed E-state index contributed by atoms with van der Waals surface area (Å²) in [5.41, 5.74) is 4.44. The Labute approximate surface area is 241 Å². The molecule has 0 saturated carbocycles. The van der Waals surface area contributed by atoms with Crippen molar-refractivity contribution in [2.24, 2.45) is 0 Å². The van der Waals surface area contributed by atoms with Crippen molar-refractivity contribution >= 4 is 65.0 Å². The summed E-state index contributed by atoms with van der Waals surface area (Å²) in [6.07, 6.45) is 0. The minimum atomic E-state index is 0.0339. The number of benzene rings is 8. The van der Waals surface area contributed by atoms with Gasteiger partial charge in [0.05, 0.1) is 4.11 Å². The van der Waals surface area contributed by atoms with Crippen molar-refractivity contribution in [2.75, 3.05) is 0 Å². The van der Waals surface area contributed by atoms with Gasteiger partial charge in [0.25, 0.3) is 0 Å². The van der Waals surface area contributed by atoms with E-state index in [2.05, 4.69) is 66.7 Å². The third kappa shape index (κ3) is 3.30. The molecule has 0 saturated heterocycles. The van der Waals surface area contributed by atoms with Crippen LogP contribution in [0.1, 0.15) is 4.11 Å². The highest BCUT2D eigenvalue weighted by atomic mass is 16.3. The van der Waals surface area contributed by atoms with Crippen LogP contribution in [-0.2, 0) is 0 Å². The van der Waals surface area contributed by atoms with Crippen molar-refractivity contribution < 1.29 is 8.53 Å². The number of hydrogen-bond donors (Lipinski definition) is 0. The van der Waals surface area contributed by atoms with Crippen molar-refractivity contribution in [1.82, 2.24) is 0 Å². The van der Waals surface area contributed by atoms with Crippen LogP contribution in [0.2, 0.25) is 0 Å². The van der Waals surface area contributed by atoms with Gasteiger partial charge in [-0.3, -0.25) is 0 Å². The number of furan rings is 1. The molecule has 9 rings (SSSR count). The van der Waals surface area contributed by atoms with Gasteiger partial charge in [-0.25, -0.2) is 0 Å². The molecule has 0 fully saturated rings. The lowest BCUT2D eigenvalue weighted by Gasteiger charge is -2.18. The van der Waals surface area contributed by atoms with Crippen molar-refractivity contribution in [1.29, 1.82) is 0 Å².